The van der Waals surface area contributed by atoms with E-state index in [1.165, 1.54) is 39.2 Å². The molecular weight excluding hydrogens is 806 g/mol. The molecule has 0 aromatic heterocycles. The fourth-order valence-corrected chi connectivity index (χ4v) is 7.98. The van der Waals surface area contributed by atoms with Crippen LogP contribution in [0.1, 0.15) is 109 Å². The number of Topliss-reactive ketones (excluding diaryl/α,β-unsaturated/α-hetero) is 1. The molecule has 1 fully saturated rings. The van der Waals surface area contributed by atoms with E-state index in [4.69, 9.17) is 19.3 Å². The molecule has 0 spiro atoms. The van der Waals surface area contributed by atoms with Crippen LogP contribution in [0.25, 0.3) is 0 Å². The monoisotopic (exact) mass is 857 g/mol. The Morgan fingerprint density at radius 1 is 0.967 bits per heavy atom. The van der Waals surface area contributed by atoms with Gasteiger partial charge in [0.2, 0.25) is 23.5 Å². The third-order valence-electron chi connectivity index (χ3n) is 11.1. The largest absolute Gasteiger partial charge is 0.507 e. The Balaban J connectivity index is 1.44. The van der Waals surface area contributed by atoms with Crippen LogP contribution in [0.3, 0.4) is 0 Å². The number of fused-ring (bicyclic) bond motifs is 3. The summed E-state index contributed by atoms with van der Waals surface area (Å²) in [6, 6.07) is 0.211. The van der Waals surface area contributed by atoms with Gasteiger partial charge in [-0.2, -0.15) is 0 Å². The topological polar surface area (TPSA) is 325 Å². The van der Waals surface area contributed by atoms with Gasteiger partial charge in [-0.05, 0) is 32.3 Å². The summed E-state index contributed by atoms with van der Waals surface area (Å²) in [5.41, 5.74) is -4.49. The van der Waals surface area contributed by atoms with Crippen molar-refractivity contribution in [3.8, 4) is 17.2 Å². The summed E-state index contributed by atoms with van der Waals surface area (Å²) >= 11 is 0. The number of aliphatic carboxylic acids is 1. The van der Waals surface area contributed by atoms with Gasteiger partial charge in [0, 0.05) is 42.4 Å². The highest BCUT2D eigenvalue weighted by molar-refractivity contribution is 6.31. The predicted octanol–water partition coefficient (Wildman–Crippen LogP) is -0.580. The lowest BCUT2D eigenvalue weighted by atomic mass is 9.72. The van der Waals surface area contributed by atoms with Gasteiger partial charge in [-0.1, -0.05) is 26.0 Å². The van der Waals surface area contributed by atoms with E-state index in [1.54, 1.807) is 13.8 Å². The number of rotatable bonds is 16. The molecule has 61 heavy (non-hydrogen) atoms. The number of phenolic OH excluding ortho intramolecular Hbond substituents is 2. The summed E-state index contributed by atoms with van der Waals surface area (Å²) in [5.74, 6) is -8.43. The maximum atomic E-state index is 14.0. The molecule has 20 nitrogen and oxygen atoms in total. The van der Waals surface area contributed by atoms with E-state index in [0.717, 1.165) is 0 Å². The molecule has 0 saturated carbocycles. The van der Waals surface area contributed by atoms with Crippen molar-refractivity contribution in [1.82, 2.24) is 16.0 Å². The van der Waals surface area contributed by atoms with Crippen LogP contribution < -0.4 is 20.7 Å². The van der Waals surface area contributed by atoms with Crippen molar-refractivity contribution < 1.29 is 83.5 Å². The van der Waals surface area contributed by atoms with E-state index in [0.29, 0.717) is 0 Å². The Labute approximate surface area is 349 Å². The average molecular weight is 858 g/mol. The first-order valence-corrected chi connectivity index (χ1v) is 19.7. The molecule has 20 heteroatoms. The zero-order valence-corrected chi connectivity index (χ0v) is 34.1. The summed E-state index contributed by atoms with van der Waals surface area (Å²) in [4.78, 5) is 91.2. The smallest absolute Gasteiger partial charge is 0.303 e. The summed E-state index contributed by atoms with van der Waals surface area (Å²) < 4.78 is 17.5. The molecule has 2 aromatic carbocycles. The number of hydrogen-bond donors (Lipinski definition) is 10. The number of benzene rings is 2. The molecule has 0 bridgehead atoms. The van der Waals surface area contributed by atoms with E-state index in [1.807, 2.05) is 0 Å². The van der Waals surface area contributed by atoms with Gasteiger partial charge in [-0.25, -0.2) is 0 Å². The number of nitrogens with one attached hydrogen (secondary N) is 3. The zero-order valence-electron chi connectivity index (χ0n) is 34.1. The van der Waals surface area contributed by atoms with Gasteiger partial charge in [0.1, 0.15) is 47.6 Å². The fraction of sp³-hybridized carbons (Fsp3) is 0.537. The van der Waals surface area contributed by atoms with Crippen molar-refractivity contribution in [2.45, 2.75) is 121 Å². The minimum Gasteiger partial charge on any atom is -0.507 e. The lowest BCUT2D eigenvalue weighted by Crippen LogP contribution is -2.61. The Morgan fingerprint density at radius 3 is 2.25 bits per heavy atom. The van der Waals surface area contributed by atoms with Crippen LogP contribution in [-0.2, 0) is 39.9 Å². The second kappa shape index (κ2) is 18.6. The van der Waals surface area contributed by atoms with Gasteiger partial charge in [-0.15, -0.1) is 0 Å². The lowest BCUT2D eigenvalue weighted by Gasteiger charge is -2.43. The Kier molecular flexibility index (Phi) is 14.2. The van der Waals surface area contributed by atoms with Crippen molar-refractivity contribution in [2.75, 3.05) is 13.7 Å². The molecule has 1 saturated heterocycles. The second-order valence-electron chi connectivity index (χ2n) is 16.0. The molecule has 3 aliphatic rings. The highest BCUT2D eigenvalue weighted by Crippen LogP contribution is 2.52. The van der Waals surface area contributed by atoms with Crippen LogP contribution >= 0.6 is 0 Å². The number of aliphatic hydroxyl groups is 4. The number of aromatic hydroxyl groups is 2. The Bertz CT molecular complexity index is 2100. The number of carbonyl (C=O) groups is 7. The summed E-state index contributed by atoms with van der Waals surface area (Å²) in [5, 5.41) is 82.7. The highest BCUT2D eigenvalue weighted by Gasteiger charge is 2.50. The van der Waals surface area contributed by atoms with Gasteiger partial charge in [0.05, 0.1) is 54.6 Å². The quantitative estimate of drug-likeness (QED) is 0.0806. The number of carboxylic acid groups (broad SMARTS) is 1. The third kappa shape index (κ3) is 9.53. The van der Waals surface area contributed by atoms with E-state index in [9.17, 15) is 64.2 Å². The molecule has 2 aromatic rings. The van der Waals surface area contributed by atoms with Crippen molar-refractivity contribution in [2.24, 2.45) is 5.92 Å². The number of methoxy groups -OCH3 is 1. The van der Waals surface area contributed by atoms with Gasteiger partial charge >= 0.3 is 5.97 Å². The first kappa shape index (κ1) is 46.6. The SMILES string of the molecule is COc1cccc2c1C(=O)c1c(O)c3c(c(O)c1C2=O)C[C@@](O)(C(=O)CO)C[C@@H]3O[C@H]1C[C@H](NC(=O)C(CC(C)C)NC(=O)C(NC(=O)CCC(=O)O)C(C)O)[C@H](O)[C@H](C)O1. The maximum Gasteiger partial charge on any atom is 0.303 e. The molecule has 9 atom stereocenters. The molecule has 2 aliphatic carbocycles. The third-order valence-corrected chi connectivity index (χ3v) is 11.1. The van der Waals surface area contributed by atoms with Crippen molar-refractivity contribution in [3.05, 3.63) is 51.6 Å². The minimum absolute atomic E-state index is 0.0165. The van der Waals surface area contributed by atoms with E-state index in [-0.39, 0.29) is 46.8 Å². The van der Waals surface area contributed by atoms with Crippen molar-refractivity contribution >= 4 is 41.0 Å². The molecule has 0 radical (unpaired) electrons. The van der Waals surface area contributed by atoms with Crippen LogP contribution in [0.5, 0.6) is 17.2 Å². The number of carboxylic acids is 1. The summed E-state index contributed by atoms with van der Waals surface area (Å²) in [7, 11) is 1.28. The molecule has 1 heterocycles. The number of carbonyl (C=O) groups excluding carboxylic acids is 6. The number of phenols is 2. The zero-order chi connectivity index (χ0) is 45.2. The molecule has 1 aliphatic heterocycles. The normalized spacial score (nSPS) is 24.7. The van der Waals surface area contributed by atoms with Crippen molar-refractivity contribution in [1.29, 1.82) is 0 Å². The number of ether oxygens (including phenoxy) is 3. The number of aliphatic hydroxyl groups excluding tert-OH is 3. The summed E-state index contributed by atoms with van der Waals surface area (Å²) in [6.45, 7) is 5.04. The minimum atomic E-state index is -2.43. The van der Waals surface area contributed by atoms with Gasteiger partial charge in [0.15, 0.2) is 17.9 Å². The number of hydrogen-bond acceptors (Lipinski definition) is 16. The molecule has 3 amide bonds. The average Bonchev–Trinajstić information content (AvgIpc) is 3.19. The van der Waals surface area contributed by atoms with Gasteiger partial charge < -0.3 is 65.9 Å². The Hall–Kier alpha value is -5.51. The van der Waals surface area contributed by atoms with Crippen LogP contribution in [-0.4, -0.2) is 139 Å². The standard InChI is InChI=1S/C41H51N3O17/c1-16(2)11-22(43-40(57)33(17(3)46)44-26(48)9-10-27(49)50)39(56)42-21-12-28(60-18(4)34(21)51)61-24-14-41(58,25(47)15-45)13-20-30(24)38(55)32-31(36(20)53)35(52)19-7-6-8-23(59-5)29(19)37(32)54/h6-8,16-18,21-22,24,28,33-34,45-46,51,53,55,58H,9-15H2,1-5H3,(H,42,56)(H,43,57)(H,44,48)(H,49,50)/t17?,18-,21-,22?,24-,28-,33?,34+,41-/m0/s1. The number of ketones is 3. The van der Waals surface area contributed by atoms with Crippen LogP contribution in [0.2, 0.25) is 0 Å². The van der Waals surface area contributed by atoms with Crippen LogP contribution in [0, 0.1) is 5.92 Å². The first-order valence-electron chi connectivity index (χ1n) is 19.7. The second-order valence-corrected chi connectivity index (χ2v) is 16.0. The number of amides is 3. The fourth-order valence-electron chi connectivity index (χ4n) is 7.98. The highest BCUT2D eigenvalue weighted by atomic mass is 16.7. The van der Waals surface area contributed by atoms with Crippen LogP contribution in [0.15, 0.2) is 18.2 Å². The first-order chi connectivity index (χ1) is 28.6. The lowest BCUT2D eigenvalue weighted by molar-refractivity contribution is -0.249. The molecule has 5 rings (SSSR count). The summed E-state index contributed by atoms with van der Waals surface area (Å²) in [6.07, 6.45) is -9.52. The molecule has 332 valence electrons. The van der Waals surface area contributed by atoms with E-state index in [2.05, 4.69) is 16.0 Å². The van der Waals surface area contributed by atoms with Gasteiger partial charge in [0.25, 0.3) is 0 Å². The van der Waals surface area contributed by atoms with Crippen LogP contribution in [0.4, 0.5) is 0 Å². The molecule has 3 unspecified atom stereocenters. The van der Waals surface area contributed by atoms with Gasteiger partial charge in [-0.3, -0.25) is 33.6 Å². The molecular formula is C41H51N3O17. The van der Waals surface area contributed by atoms with E-state index < -0.39 is 150 Å². The molecule has 10 N–H and O–H groups in total. The van der Waals surface area contributed by atoms with E-state index >= 15 is 0 Å². The predicted molar refractivity (Wildman–Crippen MR) is 208 cm³/mol. The Morgan fingerprint density at radius 2 is 1.64 bits per heavy atom. The van der Waals surface area contributed by atoms with Crippen molar-refractivity contribution in [3.63, 3.8) is 0 Å². The maximum absolute atomic E-state index is 14.0.